The summed E-state index contributed by atoms with van der Waals surface area (Å²) in [5.74, 6) is 1.02. The normalized spacial score (nSPS) is 13.2. The van der Waals surface area contributed by atoms with Crippen molar-refractivity contribution in [2.24, 2.45) is 0 Å². The van der Waals surface area contributed by atoms with Gasteiger partial charge in [-0.1, -0.05) is 11.6 Å². The molecule has 0 spiro atoms. The van der Waals surface area contributed by atoms with E-state index in [-0.39, 0.29) is 0 Å². The number of hydrogen-bond donors (Lipinski definition) is 1. The van der Waals surface area contributed by atoms with Crippen LogP contribution in [0.3, 0.4) is 0 Å². The summed E-state index contributed by atoms with van der Waals surface area (Å²) in [5, 5.41) is 4.24. The number of hydrogen-bond acceptors (Lipinski definition) is 4. The van der Waals surface area contributed by atoms with Crippen LogP contribution in [0.1, 0.15) is 24.0 Å². The Kier molecular flexibility index (Phi) is 7.30. The standard InChI is InChI=1S/C16H24ClNO3/c1-19-8-9-20-6-3-2-5-18-12-14-11-15(17)10-13-4-7-21-16(13)14/h10-11,18H,2-9,12H2,1H3. The lowest BCUT2D eigenvalue weighted by atomic mass is 10.1. The third kappa shape index (κ3) is 5.47. The molecule has 5 heteroatoms. The Balaban J connectivity index is 1.61. The van der Waals surface area contributed by atoms with E-state index in [0.29, 0.717) is 13.2 Å². The maximum Gasteiger partial charge on any atom is 0.127 e. The highest BCUT2D eigenvalue weighted by molar-refractivity contribution is 6.30. The average molecular weight is 314 g/mol. The number of benzene rings is 1. The van der Waals surface area contributed by atoms with Crippen LogP contribution in [0.2, 0.25) is 5.02 Å². The van der Waals surface area contributed by atoms with E-state index in [0.717, 1.165) is 61.9 Å². The minimum Gasteiger partial charge on any atom is -0.493 e. The SMILES string of the molecule is COCCOCCCCNCc1cc(Cl)cc2c1OCC2. The second-order valence-electron chi connectivity index (χ2n) is 5.14. The molecule has 2 rings (SSSR count). The lowest BCUT2D eigenvalue weighted by Crippen LogP contribution is -2.16. The molecule has 0 unspecified atom stereocenters. The van der Waals surface area contributed by atoms with Crippen molar-refractivity contribution in [3.8, 4) is 5.75 Å². The van der Waals surface area contributed by atoms with Gasteiger partial charge in [0.25, 0.3) is 0 Å². The molecule has 0 aromatic heterocycles. The van der Waals surface area contributed by atoms with Gasteiger partial charge in [-0.25, -0.2) is 0 Å². The minimum atomic E-state index is 0.665. The predicted octanol–water partition coefficient (Wildman–Crippen LogP) is 2.81. The van der Waals surface area contributed by atoms with Crippen LogP contribution in [0.25, 0.3) is 0 Å². The maximum absolute atomic E-state index is 6.14. The van der Waals surface area contributed by atoms with Gasteiger partial charge in [0.2, 0.25) is 0 Å². The van der Waals surface area contributed by atoms with Crippen LogP contribution in [0.15, 0.2) is 12.1 Å². The third-order valence-electron chi connectivity index (χ3n) is 3.46. The van der Waals surface area contributed by atoms with Gasteiger partial charge in [0.05, 0.1) is 19.8 Å². The van der Waals surface area contributed by atoms with Gasteiger partial charge in [-0.05, 0) is 37.1 Å². The van der Waals surface area contributed by atoms with E-state index in [4.69, 9.17) is 25.8 Å². The van der Waals surface area contributed by atoms with Crippen molar-refractivity contribution in [1.82, 2.24) is 5.32 Å². The maximum atomic E-state index is 6.14. The third-order valence-corrected chi connectivity index (χ3v) is 3.68. The van der Waals surface area contributed by atoms with Gasteiger partial charge in [0.1, 0.15) is 5.75 Å². The Hall–Kier alpha value is -0.810. The number of nitrogens with one attached hydrogen (secondary N) is 1. The van der Waals surface area contributed by atoms with E-state index in [1.807, 2.05) is 12.1 Å². The fourth-order valence-corrected chi connectivity index (χ4v) is 2.66. The summed E-state index contributed by atoms with van der Waals surface area (Å²) >= 11 is 6.14. The van der Waals surface area contributed by atoms with Crippen LogP contribution >= 0.6 is 11.6 Å². The molecule has 0 fully saturated rings. The highest BCUT2D eigenvalue weighted by Crippen LogP contribution is 2.32. The van der Waals surface area contributed by atoms with Gasteiger partial charge in [0, 0.05) is 37.3 Å². The van der Waals surface area contributed by atoms with E-state index in [9.17, 15) is 0 Å². The van der Waals surface area contributed by atoms with Crippen molar-refractivity contribution < 1.29 is 14.2 Å². The molecule has 0 atom stereocenters. The monoisotopic (exact) mass is 313 g/mol. The van der Waals surface area contributed by atoms with Gasteiger partial charge in [-0.3, -0.25) is 0 Å². The zero-order valence-corrected chi connectivity index (χ0v) is 13.4. The number of methoxy groups -OCH3 is 1. The average Bonchev–Trinajstić information content (AvgIpc) is 2.93. The minimum absolute atomic E-state index is 0.665. The summed E-state index contributed by atoms with van der Waals surface area (Å²) in [6, 6.07) is 4.00. The van der Waals surface area contributed by atoms with Crippen molar-refractivity contribution in [3.05, 3.63) is 28.3 Å². The number of ether oxygens (including phenoxy) is 3. The first-order chi connectivity index (χ1) is 10.3. The van der Waals surface area contributed by atoms with Crippen LogP contribution in [-0.4, -0.2) is 40.1 Å². The van der Waals surface area contributed by atoms with Gasteiger partial charge < -0.3 is 19.5 Å². The number of fused-ring (bicyclic) bond motifs is 1. The smallest absolute Gasteiger partial charge is 0.127 e. The van der Waals surface area contributed by atoms with Gasteiger partial charge in [0.15, 0.2) is 0 Å². The summed E-state index contributed by atoms with van der Waals surface area (Å²) in [6.07, 6.45) is 3.11. The summed E-state index contributed by atoms with van der Waals surface area (Å²) in [5.41, 5.74) is 2.39. The molecule has 21 heavy (non-hydrogen) atoms. The molecular weight excluding hydrogens is 290 g/mol. The van der Waals surface area contributed by atoms with Gasteiger partial charge in [-0.15, -0.1) is 0 Å². The first-order valence-electron chi connectivity index (χ1n) is 7.52. The molecule has 1 heterocycles. The second kappa shape index (κ2) is 9.26. The topological polar surface area (TPSA) is 39.7 Å². The molecule has 1 aromatic rings. The molecule has 0 saturated heterocycles. The second-order valence-corrected chi connectivity index (χ2v) is 5.58. The Morgan fingerprint density at radius 2 is 2.14 bits per heavy atom. The molecule has 1 aliphatic rings. The fourth-order valence-electron chi connectivity index (χ4n) is 2.40. The molecule has 0 amide bonds. The van der Waals surface area contributed by atoms with Crippen LogP contribution < -0.4 is 10.1 Å². The zero-order valence-electron chi connectivity index (χ0n) is 12.6. The zero-order chi connectivity index (χ0) is 14.9. The molecule has 0 aliphatic carbocycles. The first-order valence-corrected chi connectivity index (χ1v) is 7.90. The first kappa shape index (κ1) is 16.6. The molecule has 1 aromatic carbocycles. The Morgan fingerprint density at radius 3 is 3.00 bits per heavy atom. The Morgan fingerprint density at radius 1 is 1.24 bits per heavy atom. The Labute approximate surface area is 131 Å². The summed E-state index contributed by atoms with van der Waals surface area (Å²) in [6.45, 7) is 4.67. The number of halogens is 1. The quantitative estimate of drug-likeness (QED) is 0.674. The summed E-state index contributed by atoms with van der Waals surface area (Å²) in [7, 11) is 1.68. The van der Waals surface area contributed by atoms with Crippen molar-refractivity contribution >= 4 is 11.6 Å². The largest absolute Gasteiger partial charge is 0.493 e. The van der Waals surface area contributed by atoms with E-state index in [1.54, 1.807) is 7.11 Å². The van der Waals surface area contributed by atoms with Gasteiger partial charge in [-0.2, -0.15) is 0 Å². The van der Waals surface area contributed by atoms with E-state index in [2.05, 4.69) is 5.32 Å². The number of unbranched alkanes of at least 4 members (excludes halogenated alkanes) is 1. The fraction of sp³-hybridized carbons (Fsp3) is 0.625. The predicted molar refractivity (Wildman–Crippen MR) is 84.3 cm³/mol. The van der Waals surface area contributed by atoms with Crippen LogP contribution in [0, 0.1) is 0 Å². The van der Waals surface area contributed by atoms with E-state index < -0.39 is 0 Å². The van der Waals surface area contributed by atoms with E-state index >= 15 is 0 Å². The van der Waals surface area contributed by atoms with Crippen LogP contribution in [0.5, 0.6) is 5.75 Å². The molecule has 4 nitrogen and oxygen atoms in total. The molecule has 0 saturated carbocycles. The summed E-state index contributed by atoms with van der Waals surface area (Å²) in [4.78, 5) is 0. The van der Waals surface area contributed by atoms with E-state index in [1.165, 1.54) is 5.56 Å². The van der Waals surface area contributed by atoms with Crippen LogP contribution in [0.4, 0.5) is 0 Å². The lowest BCUT2D eigenvalue weighted by molar-refractivity contribution is 0.0688. The molecule has 1 N–H and O–H groups in total. The van der Waals surface area contributed by atoms with Gasteiger partial charge >= 0.3 is 0 Å². The lowest BCUT2D eigenvalue weighted by Gasteiger charge is -2.10. The molecule has 0 radical (unpaired) electrons. The number of rotatable bonds is 10. The molecular formula is C16H24ClNO3. The highest BCUT2D eigenvalue weighted by atomic mass is 35.5. The van der Waals surface area contributed by atoms with Crippen LogP contribution in [-0.2, 0) is 22.4 Å². The van der Waals surface area contributed by atoms with Crippen molar-refractivity contribution in [1.29, 1.82) is 0 Å². The molecule has 118 valence electrons. The molecule has 0 bridgehead atoms. The Bertz CT molecular complexity index is 440. The highest BCUT2D eigenvalue weighted by Gasteiger charge is 2.17. The van der Waals surface area contributed by atoms with Crippen molar-refractivity contribution in [2.75, 3.05) is 40.1 Å². The van der Waals surface area contributed by atoms with Crippen molar-refractivity contribution in [3.63, 3.8) is 0 Å². The molecule has 1 aliphatic heterocycles. The summed E-state index contributed by atoms with van der Waals surface area (Å²) < 4.78 is 16.0. The van der Waals surface area contributed by atoms with Crippen molar-refractivity contribution in [2.45, 2.75) is 25.8 Å².